The van der Waals surface area contributed by atoms with E-state index < -0.39 is 12.1 Å². The highest BCUT2D eigenvalue weighted by atomic mass is 32.1. The predicted molar refractivity (Wildman–Crippen MR) is 49.8 cm³/mol. The molecule has 1 aliphatic rings. The molecule has 0 aromatic rings. The highest BCUT2D eigenvalue weighted by Gasteiger charge is 2.28. The molecule has 1 heterocycles. The van der Waals surface area contributed by atoms with Crippen molar-refractivity contribution in [2.75, 3.05) is 20.1 Å². The number of carbonyl (C=O) groups excluding carboxylic acids is 1. The van der Waals surface area contributed by atoms with Crippen molar-refractivity contribution in [1.29, 1.82) is 0 Å². The van der Waals surface area contributed by atoms with E-state index in [0.29, 0.717) is 0 Å². The van der Waals surface area contributed by atoms with Gasteiger partial charge in [0.1, 0.15) is 5.97 Å². The molecule has 1 saturated heterocycles. The van der Waals surface area contributed by atoms with E-state index in [4.69, 9.17) is 9.90 Å². The van der Waals surface area contributed by atoms with Gasteiger partial charge in [-0.2, -0.15) is 13.2 Å². The van der Waals surface area contributed by atoms with Crippen molar-refractivity contribution >= 4 is 18.8 Å². The quantitative estimate of drug-likeness (QED) is 0.505. The molecule has 0 radical (unpaired) electrons. The van der Waals surface area contributed by atoms with Crippen molar-refractivity contribution in [2.45, 2.75) is 25.4 Å². The molecule has 7 heteroatoms. The number of nitrogens with zero attached hydrogens (tertiary/aromatic N) is 1. The van der Waals surface area contributed by atoms with Crippen LogP contribution in [0.2, 0.25) is 0 Å². The smallest absolute Gasteiger partial charge is 0.430 e. The molecule has 1 aliphatic heterocycles. The largest absolute Gasteiger partial charge is 0.542 e. The first-order chi connectivity index (χ1) is 6.65. The van der Waals surface area contributed by atoms with Crippen molar-refractivity contribution < 1.29 is 27.0 Å². The van der Waals surface area contributed by atoms with E-state index in [-0.39, 0.29) is 0 Å². The van der Waals surface area contributed by atoms with E-state index in [9.17, 15) is 13.2 Å². The molecule has 0 atom stereocenters. The summed E-state index contributed by atoms with van der Waals surface area (Å²) < 4.78 is 32.5. The van der Waals surface area contributed by atoms with E-state index in [1.807, 2.05) is 0 Å². The Morgan fingerprint density at radius 3 is 1.73 bits per heavy atom. The Kier molecular flexibility index (Phi) is 5.44. The lowest BCUT2D eigenvalue weighted by molar-refractivity contribution is -0.776. The van der Waals surface area contributed by atoms with Gasteiger partial charge in [-0.25, -0.2) is 0 Å². The predicted octanol–water partition coefficient (Wildman–Crippen LogP) is 0.760. The Labute approximate surface area is 92.0 Å². The van der Waals surface area contributed by atoms with E-state index >= 15 is 0 Å². The number of rotatable bonds is 0. The molecular weight excluding hydrogens is 231 g/mol. The third-order valence-corrected chi connectivity index (χ3v) is 2.41. The summed E-state index contributed by atoms with van der Waals surface area (Å²) in [7, 11) is 2.18. The van der Waals surface area contributed by atoms with Crippen LogP contribution in [0.4, 0.5) is 13.2 Å². The van der Waals surface area contributed by atoms with Gasteiger partial charge in [-0.05, 0) is 19.3 Å². The van der Waals surface area contributed by atoms with Gasteiger partial charge in [0, 0.05) is 0 Å². The monoisotopic (exact) mass is 245 g/mol. The number of hydrogen-bond acceptors (Lipinski definition) is 3. The first kappa shape index (κ1) is 14.6. The van der Waals surface area contributed by atoms with Crippen molar-refractivity contribution in [3.05, 3.63) is 0 Å². The van der Waals surface area contributed by atoms with Gasteiger partial charge >= 0.3 is 6.18 Å². The summed E-state index contributed by atoms with van der Waals surface area (Å²) in [5, 5.41) is 8.78. The second-order valence-corrected chi connectivity index (χ2v) is 4.60. The fourth-order valence-corrected chi connectivity index (χ4v) is 1.48. The summed E-state index contributed by atoms with van der Waals surface area (Å²) in [4.78, 5) is 8.78. The summed E-state index contributed by atoms with van der Waals surface area (Å²) in [6, 6.07) is 0. The van der Waals surface area contributed by atoms with Gasteiger partial charge in [0.25, 0.3) is 0 Å². The van der Waals surface area contributed by atoms with Gasteiger partial charge in [-0.3, -0.25) is 3.89 Å². The number of quaternary nitrogens is 1. The number of carboxylic acids is 1. The summed E-state index contributed by atoms with van der Waals surface area (Å²) in [5.74, 6) is -3.01. The Morgan fingerprint density at radius 1 is 1.27 bits per heavy atom. The molecule has 0 aromatic heterocycles. The maximum atomic E-state index is 10.5. The lowest BCUT2D eigenvalue weighted by atomic mass is 10.1. The van der Waals surface area contributed by atoms with Crippen LogP contribution in [0.5, 0.6) is 0 Å². The van der Waals surface area contributed by atoms with Crippen LogP contribution >= 0.6 is 12.8 Å². The third-order valence-electron chi connectivity index (χ3n) is 2.01. The van der Waals surface area contributed by atoms with Crippen LogP contribution < -0.4 is 5.11 Å². The number of thiol groups is 1. The van der Waals surface area contributed by atoms with E-state index in [1.165, 1.54) is 32.4 Å². The van der Waals surface area contributed by atoms with Gasteiger partial charge in [0.05, 0.1) is 33.0 Å². The second kappa shape index (κ2) is 5.60. The number of piperidine rings is 1. The molecule has 1 rings (SSSR count). The van der Waals surface area contributed by atoms with E-state index in [2.05, 4.69) is 19.9 Å². The SMILES string of the molecule is C[N+]1(S)CCCCC1.O=C([O-])C(F)(F)F. The third kappa shape index (κ3) is 7.49. The molecule has 0 N–H and O–H groups in total. The number of carbonyl (C=O) groups is 1. The van der Waals surface area contributed by atoms with Crippen LogP contribution in [-0.2, 0) is 4.79 Å². The molecule has 0 amide bonds. The summed E-state index contributed by atoms with van der Waals surface area (Å²) in [6.45, 7) is 2.51. The summed E-state index contributed by atoms with van der Waals surface area (Å²) in [5.41, 5.74) is 0. The fraction of sp³-hybridized carbons (Fsp3) is 0.875. The zero-order valence-electron chi connectivity index (χ0n) is 8.38. The minimum atomic E-state index is -5.19. The number of likely N-dealkylation sites (tertiary alicyclic amines) is 1. The standard InChI is InChI=1S/C6H14NS.C2HF3O2/c1-7(8)5-3-2-4-6-7;3-2(4,5)1(6)7/h8H,2-6H2,1H3;(H,6,7)/q+1;/p-1. The number of alkyl halides is 3. The normalized spacial score (nSPS) is 20.1. The van der Waals surface area contributed by atoms with Gasteiger partial charge in [0.15, 0.2) is 0 Å². The maximum Gasteiger partial charge on any atom is 0.430 e. The van der Waals surface area contributed by atoms with Gasteiger partial charge in [0.2, 0.25) is 0 Å². The van der Waals surface area contributed by atoms with Crippen LogP contribution in [0.3, 0.4) is 0 Å². The van der Waals surface area contributed by atoms with E-state index in [0.717, 1.165) is 3.89 Å². The Hall–Kier alpha value is -0.430. The van der Waals surface area contributed by atoms with Gasteiger partial charge in [-0.1, -0.05) is 0 Å². The van der Waals surface area contributed by atoms with Crippen molar-refractivity contribution in [1.82, 2.24) is 0 Å². The molecule has 0 saturated carbocycles. The zero-order chi connectivity index (χ0) is 12.1. The van der Waals surface area contributed by atoms with Crippen LogP contribution in [0.15, 0.2) is 0 Å². The molecule has 0 aromatic carbocycles. The average Bonchev–Trinajstić information content (AvgIpc) is 2.02. The summed E-state index contributed by atoms with van der Waals surface area (Å²) >= 11 is 4.46. The lowest BCUT2D eigenvalue weighted by Gasteiger charge is -2.30. The molecule has 0 aliphatic carbocycles. The van der Waals surface area contributed by atoms with Crippen molar-refractivity contribution in [3.63, 3.8) is 0 Å². The van der Waals surface area contributed by atoms with Crippen LogP contribution in [0.1, 0.15) is 19.3 Å². The molecular formula is C8H14F3NO2S. The number of halogens is 3. The van der Waals surface area contributed by atoms with Gasteiger partial charge in [-0.15, -0.1) is 0 Å². The Balaban J connectivity index is 0.000000265. The van der Waals surface area contributed by atoms with Crippen molar-refractivity contribution in [2.24, 2.45) is 0 Å². The second-order valence-electron chi connectivity index (χ2n) is 3.63. The van der Waals surface area contributed by atoms with Crippen LogP contribution in [-0.4, -0.2) is 36.2 Å². The highest BCUT2D eigenvalue weighted by Crippen LogP contribution is 2.17. The first-order valence-electron chi connectivity index (χ1n) is 4.50. The van der Waals surface area contributed by atoms with Crippen molar-refractivity contribution in [3.8, 4) is 0 Å². The van der Waals surface area contributed by atoms with Crippen LogP contribution in [0.25, 0.3) is 0 Å². The Bertz CT molecular complexity index is 210. The van der Waals surface area contributed by atoms with Gasteiger partial charge < -0.3 is 9.90 Å². The first-order valence-corrected chi connectivity index (χ1v) is 4.90. The fourth-order valence-electron chi connectivity index (χ4n) is 1.19. The molecule has 1 fully saturated rings. The summed E-state index contributed by atoms with van der Waals surface area (Å²) in [6.07, 6.45) is -1.06. The number of hydrogen-bond donors (Lipinski definition) is 1. The zero-order valence-corrected chi connectivity index (χ0v) is 9.27. The number of aliphatic carboxylic acids is 1. The molecule has 3 nitrogen and oxygen atoms in total. The molecule has 0 bridgehead atoms. The Morgan fingerprint density at radius 2 is 1.60 bits per heavy atom. The van der Waals surface area contributed by atoms with Crippen LogP contribution in [0, 0.1) is 0 Å². The minimum absolute atomic E-state index is 0.944. The van der Waals surface area contributed by atoms with E-state index in [1.54, 1.807) is 0 Å². The topological polar surface area (TPSA) is 40.1 Å². The average molecular weight is 245 g/mol. The highest BCUT2D eigenvalue weighted by molar-refractivity contribution is 7.74. The molecule has 15 heavy (non-hydrogen) atoms. The lowest BCUT2D eigenvalue weighted by Crippen LogP contribution is -2.38. The molecule has 90 valence electrons. The number of carboxylic acid groups (broad SMARTS) is 1. The minimum Gasteiger partial charge on any atom is -0.542 e. The maximum absolute atomic E-state index is 10.5. The molecule has 0 spiro atoms. The molecule has 0 unspecified atom stereocenters.